The predicted octanol–water partition coefficient (Wildman–Crippen LogP) is 1.52. The number of fused-ring (bicyclic) bond motifs is 1. The Kier molecular flexibility index (Phi) is 1.49. The monoisotopic (exact) mass is 160 g/mol. The number of hydrogen-bond donors (Lipinski definition) is 1. The molecule has 1 aliphatic rings. The first-order valence-electron chi connectivity index (χ1n) is 3.77. The van der Waals surface area contributed by atoms with Crippen LogP contribution in [0.5, 0.6) is 5.75 Å². The summed E-state index contributed by atoms with van der Waals surface area (Å²) in [4.78, 5) is 5.15. The van der Waals surface area contributed by atoms with E-state index in [0.717, 1.165) is 11.3 Å². The Morgan fingerprint density at radius 2 is 2.42 bits per heavy atom. The first-order valence-corrected chi connectivity index (χ1v) is 3.77. The third-order valence-electron chi connectivity index (χ3n) is 1.95. The summed E-state index contributed by atoms with van der Waals surface area (Å²) >= 11 is 0. The van der Waals surface area contributed by atoms with Crippen LogP contribution in [0.25, 0.3) is 0 Å². The molecule has 0 amide bonds. The van der Waals surface area contributed by atoms with Gasteiger partial charge in [-0.05, 0) is 13.0 Å². The third-order valence-corrected chi connectivity index (χ3v) is 1.95. The summed E-state index contributed by atoms with van der Waals surface area (Å²) in [6, 6.07) is 7.73. The van der Waals surface area contributed by atoms with Gasteiger partial charge in [0.15, 0.2) is 5.75 Å². The molecule has 3 heteroatoms. The molecule has 0 saturated carbocycles. The topological polar surface area (TPSA) is 45.0 Å². The number of nitrogens with zero attached hydrogens (tertiary/aromatic N) is 1. The molecule has 1 unspecified atom stereocenters. The van der Waals surface area contributed by atoms with E-state index in [2.05, 4.69) is 11.5 Å². The van der Waals surface area contributed by atoms with E-state index in [-0.39, 0.29) is 6.04 Å². The summed E-state index contributed by atoms with van der Waals surface area (Å²) in [5.41, 5.74) is 4.56. The smallest absolute Gasteiger partial charge is 0.153 e. The van der Waals surface area contributed by atoms with Gasteiger partial charge in [0.1, 0.15) is 0 Å². The van der Waals surface area contributed by atoms with Gasteiger partial charge in [-0.2, -0.15) is 5.26 Å². The van der Waals surface area contributed by atoms with E-state index in [9.17, 15) is 0 Å². The van der Waals surface area contributed by atoms with E-state index in [1.807, 2.05) is 13.0 Å². The van der Waals surface area contributed by atoms with Crippen molar-refractivity contribution in [1.82, 2.24) is 5.48 Å². The molecule has 0 spiro atoms. The highest BCUT2D eigenvalue weighted by Gasteiger charge is 2.19. The minimum Gasteiger partial charge on any atom is -0.408 e. The molecular formula is C9H8N2O. The van der Waals surface area contributed by atoms with Gasteiger partial charge in [-0.1, -0.05) is 6.07 Å². The van der Waals surface area contributed by atoms with Gasteiger partial charge in [0.25, 0.3) is 0 Å². The zero-order chi connectivity index (χ0) is 8.55. The maximum atomic E-state index is 8.61. The molecule has 60 valence electrons. The lowest BCUT2D eigenvalue weighted by molar-refractivity contribution is 0.200. The number of rotatable bonds is 0. The normalized spacial score (nSPS) is 19.5. The number of hydroxylamine groups is 1. The molecule has 0 radical (unpaired) electrons. The average Bonchev–Trinajstić information content (AvgIpc) is 2.47. The fourth-order valence-corrected chi connectivity index (χ4v) is 1.27. The Morgan fingerprint density at radius 1 is 1.58 bits per heavy atom. The van der Waals surface area contributed by atoms with Gasteiger partial charge < -0.3 is 4.84 Å². The Bertz CT molecular complexity index is 354. The molecule has 12 heavy (non-hydrogen) atoms. The number of nitriles is 1. The standard InChI is InChI=1S/C9H8N2O/c1-6-8-3-2-7(5-10)4-9(8)12-11-6/h2-4,6,11H,1H3. The van der Waals surface area contributed by atoms with E-state index in [1.54, 1.807) is 12.1 Å². The van der Waals surface area contributed by atoms with Crippen LogP contribution in [0, 0.1) is 11.3 Å². The Labute approximate surface area is 70.5 Å². The molecule has 1 atom stereocenters. The van der Waals surface area contributed by atoms with E-state index in [1.165, 1.54) is 0 Å². The van der Waals surface area contributed by atoms with E-state index in [4.69, 9.17) is 10.1 Å². The molecular weight excluding hydrogens is 152 g/mol. The van der Waals surface area contributed by atoms with E-state index in [0.29, 0.717) is 5.56 Å². The minimum absolute atomic E-state index is 0.216. The van der Waals surface area contributed by atoms with Gasteiger partial charge in [0, 0.05) is 11.6 Å². The number of nitrogens with one attached hydrogen (secondary N) is 1. The van der Waals surface area contributed by atoms with Crippen molar-refractivity contribution in [2.24, 2.45) is 0 Å². The van der Waals surface area contributed by atoms with Gasteiger partial charge in [-0.15, -0.1) is 5.48 Å². The van der Waals surface area contributed by atoms with Crippen molar-refractivity contribution in [3.05, 3.63) is 29.3 Å². The first-order chi connectivity index (χ1) is 5.81. The van der Waals surface area contributed by atoms with Crippen molar-refractivity contribution >= 4 is 0 Å². The quantitative estimate of drug-likeness (QED) is 0.625. The Hall–Kier alpha value is -1.53. The molecule has 0 bridgehead atoms. The summed E-state index contributed by atoms with van der Waals surface area (Å²) in [7, 11) is 0. The molecule has 1 N–H and O–H groups in total. The molecule has 1 aromatic rings. The van der Waals surface area contributed by atoms with Crippen molar-refractivity contribution in [1.29, 1.82) is 5.26 Å². The van der Waals surface area contributed by atoms with Gasteiger partial charge in [0.05, 0.1) is 17.7 Å². The van der Waals surface area contributed by atoms with Crippen LogP contribution in [0.15, 0.2) is 18.2 Å². The predicted molar refractivity (Wildman–Crippen MR) is 43.3 cm³/mol. The lowest BCUT2D eigenvalue weighted by atomic mass is 10.1. The second-order valence-electron chi connectivity index (χ2n) is 2.81. The van der Waals surface area contributed by atoms with Crippen molar-refractivity contribution in [3.8, 4) is 11.8 Å². The van der Waals surface area contributed by atoms with Gasteiger partial charge in [-0.25, -0.2) is 0 Å². The summed E-state index contributed by atoms with van der Waals surface area (Å²) < 4.78 is 0. The Morgan fingerprint density at radius 3 is 3.17 bits per heavy atom. The van der Waals surface area contributed by atoms with Crippen molar-refractivity contribution in [2.45, 2.75) is 13.0 Å². The molecule has 0 fully saturated rings. The second-order valence-corrected chi connectivity index (χ2v) is 2.81. The maximum absolute atomic E-state index is 8.61. The molecule has 2 rings (SSSR count). The van der Waals surface area contributed by atoms with E-state index < -0.39 is 0 Å². The summed E-state index contributed by atoms with van der Waals surface area (Å²) in [6.07, 6.45) is 0. The molecule has 0 saturated heterocycles. The highest BCUT2D eigenvalue weighted by Crippen LogP contribution is 2.30. The zero-order valence-electron chi connectivity index (χ0n) is 6.66. The molecule has 0 aliphatic carbocycles. The highest BCUT2D eigenvalue weighted by atomic mass is 16.7. The summed E-state index contributed by atoms with van der Waals surface area (Å²) in [6.45, 7) is 2.01. The third kappa shape index (κ3) is 0.936. The van der Waals surface area contributed by atoms with Crippen molar-refractivity contribution < 1.29 is 4.84 Å². The van der Waals surface area contributed by atoms with Gasteiger partial charge in [-0.3, -0.25) is 0 Å². The van der Waals surface area contributed by atoms with Crippen LogP contribution >= 0.6 is 0 Å². The summed E-state index contributed by atoms with van der Waals surface area (Å²) in [5.74, 6) is 0.765. The second kappa shape index (κ2) is 2.50. The molecule has 1 aliphatic heterocycles. The molecule has 0 aromatic heterocycles. The Balaban J connectivity index is 2.50. The zero-order valence-corrected chi connectivity index (χ0v) is 6.66. The van der Waals surface area contributed by atoms with Crippen LogP contribution in [-0.2, 0) is 0 Å². The molecule has 1 heterocycles. The summed E-state index contributed by atoms with van der Waals surface area (Å²) in [5, 5.41) is 8.61. The van der Waals surface area contributed by atoms with Crippen molar-refractivity contribution in [2.75, 3.05) is 0 Å². The number of hydrogen-bond acceptors (Lipinski definition) is 3. The van der Waals surface area contributed by atoms with E-state index >= 15 is 0 Å². The average molecular weight is 160 g/mol. The first kappa shape index (κ1) is 7.14. The fraction of sp³-hybridized carbons (Fsp3) is 0.222. The van der Waals surface area contributed by atoms with Gasteiger partial charge >= 0.3 is 0 Å². The largest absolute Gasteiger partial charge is 0.408 e. The van der Waals surface area contributed by atoms with Crippen LogP contribution in [0.3, 0.4) is 0 Å². The van der Waals surface area contributed by atoms with Crippen LogP contribution in [-0.4, -0.2) is 0 Å². The maximum Gasteiger partial charge on any atom is 0.153 e. The number of benzene rings is 1. The lowest BCUT2D eigenvalue weighted by Crippen LogP contribution is -2.12. The molecule has 3 nitrogen and oxygen atoms in total. The van der Waals surface area contributed by atoms with Crippen LogP contribution in [0.2, 0.25) is 0 Å². The fourth-order valence-electron chi connectivity index (χ4n) is 1.27. The van der Waals surface area contributed by atoms with Crippen LogP contribution in [0.4, 0.5) is 0 Å². The van der Waals surface area contributed by atoms with Crippen LogP contribution in [0.1, 0.15) is 24.1 Å². The van der Waals surface area contributed by atoms with Crippen molar-refractivity contribution in [3.63, 3.8) is 0 Å². The minimum atomic E-state index is 0.216. The lowest BCUT2D eigenvalue weighted by Gasteiger charge is -1.97. The SMILES string of the molecule is CC1NOc2cc(C#N)ccc21. The highest BCUT2D eigenvalue weighted by molar-refractivity contribution is 5.45. The van der Waals surface area contributed by atoms with Gasteiger partial charge in [0.2, 0.25) is 0 Å². The molecule has 1 aromatic carbocycles. The van der Waals surface area contributed by atoms with Crippen LogP contribution < -0.4 is 10.3 Å².